The maximum Gasteiger partial charge on any atom is 0.264 e. The van der Waals surface area contributed by atoms with E-state index < -0.39 is 38.3 Å². The molecule has 0 spiro atoms. The first-order valence-corrected chi connectivity index (χ1v) is 15.7. The first-order valence-electron chi connectivity index (χ1n) is 12.7. The predicted molar refractivity (Wildman–Crippen MR) is 159 cm³/mol. The molecule has 214 valence electrons. The maximum absolute atomic E-state index is 13.6. The fourth-order valence-corrected chi connectivity index (χ4v) is 6.44. The molecule has 8 nitrogen and oxygen atoms in total. The number of hydrogen-bond donors (Lipinski definition) is 2. The number of carbonyl (C=O) groups excluding carboxylic acids is 1. The van der Waals surface area contributed by atoms with Crippen LogP contribution >= 0.6 is 0 Å². The minimum atomic E-state index is -4.09. The highest BCUT2D eigenvalue weighted by Gasteiger charge is 2.27. The van der Waals surface area contributed by atoms with Crippen molar-refractivity contribution in [2.24, 2.45) is 0 Å². The van der Waals surface area contributed by atoms with Gasteiger partial charge in [-0.15, -0.1) is 0 Å². The van der Waals surface area contributed by atoms with Crippen LogP contribution in [0.25, 0.3) is 0 Å². The minimum Gasteiger partial charge on any atom is -0.325 e. The first kappa shape index (κ1) is 29.8. The van der Waals surface area contributed by atoms with Crippen molar-refractivity contribution >= 4 is 43.0 Å². The Hall–Kier alpha value is -4.22. The second-order valence-corrected chi connectivity index (χ2v) is 13.3. The summed E-state index contributed by atoms with van der Waals surface area (Å²) in [5, 5.41) is 2.64. The number of anilines is 3. The molecule has 41 heavy (non-hydrogen) atoms. The average molecular weight is 596 g/mol. The molecule has 4 aromatic rings. The second-order valence-electron chi connectivity index (χ2n) is 9.76. The van der Waals surface area contributed by atoms with Crippen LogP contribution in [0.5, 0.6) is 0 Å². The third kappa shape index (κ3) is 7.30. The summed E-state index contributed by atoms with van der Waals surface area (Å²) in [7, 11) is -8.05. The largest absolute Gasteiger partial charge is 0.325 e. The van der Waals surface area contributed by atoms with Gasteiger partial charge in [-0.2, -0.15) is 0 Å². The molecule has 0 unspecified atom stereocenters. The zero-order valence-electron chi connectivity index (χ0n) is 22.7. The van der Waals surface area contributed by atoms with E-state index in [1.807, 2.05) is 32.9 Å². The molecule has 0 aliphatic heterocycles. The summed E-state index contributed by atoms with van der Waals surface area (Å²) in [4.78, 5) is 13.0. The zero-order valence-corrected chi connectivity index (χ0v) is 24.3. The van der Waals surface area contributed by atoms with E-state index in [2.05, 4.69) is 10.0 Å². The van der Waals surface area contributed by atoms with Gasteiger partial charge >= 0.3 is 0 Å². The topological polar surface area (TPSA) is 113 Å². The Morgan fingerprint density at radius 2 is 1.29 bits per heavy atom. The number of hydrogen-bond acceptors (Lipinski definition) is 5. The number of aryl methyl sites for hydroxylation is 1. The molecule has 0 aromatic heterocycles. The van der Waals surface area contributed by atoms with E-state index in [4.69, 9.17) is 0 Å². The van der Waals surface area contributed by atoms with Gasteiger partial charge in [0.15, 0.2) is 0 Å². The molecule has 0 fully saturated rings. The molecule has 11 heteroatoms. The molecule has 0 aliphatic carbocycles. The van der Waals surface area contributed by atoms with Gasteiger partial charge in [-0.25, -0.2) is 21.2 Å². The third-order valence-corrected chi connectivity index (χ3v) is 9.47. The summed E-state index contributed by atoms with van der Waals surface area (Å²) in [6.07, 6.45) is 0. The van der Waals surface area contributed by atoms with E-state index in [9.17, 15) is 26.0 Å². The van der Waals surface area contributed by atoms with E-state index in [1.54, 1.807) is 24.3 Å². The minimum absolute atomic E-state index is 0.0482. The average Bonchev–Trinajstić information content (AvgIpc) is 2.93. The highest BCUT2D eigenvalue weighted by Crippen LogP contribution is 2.26. The van der Waals surface area contributed by atoms with Gasteiger partial charge in [0.05, 0.1) is 15.5 Å². The van der Waals surface area contributed by atoms with Gasteiger partial charge in [-0.05, 0) is 91.2 Å². The summed E-state index contributed by atoms with van der Waals surface area (Å²) >= 11 is 0. The van der Waals surface area contributed by atoms with Crippen LogP contribution in [-0.2, 0) is 24.8 Å². The summed E-state index contributed by atoms with van der Waals surface area (Å²) in [6, 6.07) is 23.6. The number of amides is 1. The van der Waals surface area contributed by atoms with Crippen molar-refractivity contribution in [3.63, 3.8) is 0 Å². The van der Waals surface area contributed by atoms with Crippen molar-refractivity contribution < 1.29 is 26.0 Å². The fraction of sp³-hybridized carbons (Fsp3) is 0.167. The van der Waals surface area contributed by atoms with Gasteiger partial charge in [0, 0.05) is 11.4 Å². The number of carbonyl (C=O) groups is 1. The lowest BCUT2D eigenvalue weighted by Gasteiger charge is -2.24. The molecular formula is C30H30FN3O5S2. The molecular weight excluding hydrogens is 565 g/mol. The molecule has 4 aromatic carbocycles. The molecule has 0 atom stereocenters. The SMILES string of the molecule is Cc1ccc(S(=O)(=O)N(CC(=O)Nc2ccc(S(=O)(=O)Nc3ccc(F)cc3)cc2)c2ccc(C(C)C)cc2)cc1. The Morgan fingerprint density at radius 3 is 1.85 bits per heavy atom. The predicted octanol–water partition coefficient (Wildman–Crippen LogP) is 5.89. The van der Waals surface area contributed by atoms with Gasteiger partial charge < -0.3 is 5.32 Å². The molecule has 0 bridgehead atoms. The maximum atomic E-state index is 13.6. The monoisotopic (exact) mass is 595 g/mol. The van der Waals surface area contributed by atoms with Crippen molar-refractivity contribution in [3.05, 3.63) is 114 Å². The van der Waals surface area contributed by atoms with Crippen LogP contribution in [0, 0.1) is 12.7 Å². The number of sulfonamides is 2. The van der Waals surface area contributed by atoms with Crippen LogP contribution in [0.3, 0.4) is 0 Å². The van der Waals surface area contributed by atoms with Crippen molar-refractivity contribution in [3.8, 4) is 0 Å². The number of nitrogens with zero attached hydrogens (tertiary/aromatic N) is 1. The molecule has 0 saturated heterocycles. The van der Waals surface area contributed by atoms with Gasteiger partial charge in [0.1, 0.15) is 12.4 Å². The van der Waals surface area contributed by atoms with Crippen LogP contribution < -0.4 is 14.3 Å². The van der Waals surface area contributed by atoms with Gasteiger partial charge in [-0.3, -0.25) is 13.8 Å². The molecule has 0 saturated carbocycles. The Balaban J connectivity index is 1.54. The van der Waals surface area contributed by atoms with Crippen LogP contribution in [0.2, 0.25) is 0 Å². The van der Waals surface area contributed by atoms with Crippen LogP contribution in [0.15, 0.2) is 107 Å². The Bertz CT molecular complexity index is 1720. The summed E-state index contributed by atoms with van der Waals surface area (Å²) in [5.41, 5.74) is 2.72. The Labute approximate surface area is 240 Å². The molecule has 2 N–H and O–H groups in total. The number of rotatable bonds is 10. The Morgan fingerprint density at radius 1 is 0.756 bits per heavy atom. The van der Waals surface area contributed by atoms with E-state index >= 15 is 0 Å². The van der Waals surface area contributed by atoms with Crippen LogP contribution in [0.4, 0.5) is 21.5 Å². The van der Waals surface area contributed by atoms with Gasteiger partial charge in [-0.1, -0.05) is 43.7 Å². The van der Waals surface area contributed by atoms with Gasteiger partial charge in [0.25, 0.3) is 20.0 Å². The lowest BCUT2D eigenvalue weighted by atomic mass is 10.0. The number of nitrogens with one attached hydrogen (secondary N) is 2. The lowest BCUT2D eigenvalue weighted by molar-refractivity contribution is -0.114. The highest BCUT2D eigenvalue weighted by molar-refractivity contribution is 7.93. The molecule has 0 heterocycles. The third-order valence-electron chi connectivity index (χ3n) is 6.29. The standard InChI is InChI=1S/C30H30FN3O5S2/c1-21(2)23-6-14-27(15-7-23)34(41(38,39)29-16-4-22(3)5-17-29)20-30(35)32-25-12-18-28(19-13-25)40(36,37)33-26-10-8-24(31)9-11-26/h4-19,21,33H,20H2,1-3H3,(H,32,35). The second kappa shape index (κ2) is 12.1. The molecule has 1 amide bonds. The molecule has 4 rings (SSSR count). The summed E-state index contributed by atoms with van der Waals surface area (Å²) in [5.74, 6) is -0.869. The zero-order chi connectivity index (χ0) is 29.8. The Kier molecular flexibility index (Phi) is 8.79. The van der Waals surface area contributed by atoms with E-state index in [0.29, 0.717) is 5.69 Å². The van der Waals surface area contributed by atoms with E-state index in [0.717, 1.165) is 27.6 Å². The summed E-state index contributed by atoms with van der Waals surface area (Å²) in [6.45, 7) is 5.39. The van der Waals surface area contributed by atoms with E-state index in [-0.39, 0.29) is 27.1 Å². The quantitative estimate of drug-likeness (QED) is 0.237. The van der Waals surface area contributed by atoms with E-state index in [1.165, 1.54) is 48.5 Å². The molecule has 0 aliphatic rings. The van der Waals surface area contributed by atoms with Crippen LogP contribution in [-0.4, -0.2) is 29.3 Å². The normalized spacial score (nSPS) is 11.7. The van der Waals surface area contributed by atoms with Crippen molar-refractivity contribution in [1.29, 1.82) is 0 Å². The van der Waals surface area contributed by atoms with Crippen molar-refractivity contribution in [1.82, 2.24) is 0 Å². The number of halogens is 1. The van der Waals surface area contributed by atoms with Crippen molar-refractivity contribution in [2.75, 3.05) is 20.9 Å². The fourth-order valence-electron chi connectivity index (χ4n) is 3.96. The summed E-state index contributed by atoms with van der Waals surface area (Å²) < 4.78 is 69.2. The lowest BCUT2D eigenvalue weighted by Crippen LogP contribution is -2.38. The number of benzene rings is 4. The van der Waals surface area contributed by atoms with Crippen molar-refractivity contribution in [2.45, 2.75) is 36.5 Å². The smallest absolute Gasteiger partial charge is 0.264 e. The first-order chi connectivity index (χ1) is 19.3. The van der Waals surface area contributed by atoms with Gasteiger partial charge in [0.2, 0.25) is 5.91 Å². The highest BCUT2D eigenvalue weighted by atomic mass is 32.2. The molecule has 0 radical (unpaired) electrons. The van der Waals surface area contributed by atoms with Crippen LogP contribution in [0.1, 0.15) is 30.9 Å².